The summed E-state index contributed by atoms with van der Waals surface area (Å²) in [6.45, 7) is 2.60. The average molecular weight is 343 g/mol. The summed E-state index contributed by atoms with van der Waals surface area (Å²) in [5, 5.41) is 7.49. The number of aromatic amines is 1. The quantitative estimate of drug-likeness (QED) is 0.771. The van der Waals surface area contributed by atoms with Crippen molar-refractivity contribution in [1.29, 1.82) is 0 Å². The molecule has 1 atom stereocenters. The first kappa shape index (κ1) is 15.1. The third-order valence-corrected chi connectivity index (χ3v) is 5.30. The molecule has 0 aromatic carbocycles. The van der Waals surface area contributed by atoms with Crippen LogP contribution in [0.3, 0.4) is 0 Å². The predicted molar refractivity (Wildman–Crippen MR) is 91.2 cm³/mol. The molecule has 0 aliphatic carbocycles. The molecule has 1 saturated heterocycles. The van der Waals surface area contributed by atoms with Crippen molar-refractivity contribution in [3.63, 3.8) is 0 Å². The summed E-state index contributed by atoms with van der Waals surface area (Å²) in [5.41, 5.74) is 1.42. The van der Waals surface area contributed by atoms with Gasteiger partial charge in [-0.05, 0) is 19.8 Å². The number of pyridine rings is 1. The van der Waals surface area contributed by atoms with Gasteiger partial charge in [-0.15, -0.1) is 11.3 Å². The second kappa shape index (κ2) is 5.55. The van der Waals surface area contributed by atoms with Crippen LogP contribution >= 0.6 is 11.3 Å². The summed E-state index contributed by atoms with van der Waals surface area (Å²) >= 11 is 1.58. The molecule has 1 fully saturated rings. The molecule has 0 saturated carbocycles. The van der Waals surface area contributed by atoms with E-state index in [1.807, 2.05) is 12.3 Å². The molecule has 1 N–H and O–H groups in total. The lowest BCUT2D eigenvalue weighted by molar-refractivity contribution is 0.0731. The number of rotatable bonds is 2. The molecule has 3 aromatic rings. The zero-order chi connectivity index (χ0) is 16.8. The van der Waals surface area contributed by atoms with Gasteiger partial charge in [0.25, 0.3) is 5.91 Å². The molecule has 4 heterocycles. The van der Waals surface area contributed by atoms with Gasteiger partial charge in [0.2, 0.25) is 5.43 Å². The van der Waals surface area contributed by atoms with Crippen LogP contribution in [0, 0.1) is 6.92 Å². The van der Waals surface area contributed by atoms with Gasteiger partial charge in [0, 0.05) is 25.2 Å². The van der Waals surface area contributed by atoms with Gasteiger partial charge in [-0.3, -0.25) is 14.3 Å². The van der Waals surface area contributed by atoms with Gasteiger partial charge in [0.05, 0.1) is 28.3 Å². The Bertz CT molecular complexity index is 986. The second-order valence-electron chi connectivity index (χ2n) is 6.01. The minimum Gasteiger partial charge on any atom is -0.345 e. The van der Waals surface area contributed by atoms with E-state index in [1.165, 1.54) is 12.4 Å². The first-order chi connectivity index (χ1) is 11.6. The fraction of sp³-hybridized carbons (Fsp3) is 0.375. The SMILES string of the molecule is Cc1nc(C2CCCN2C(=O)c2c[nH]c3c(cnn3C)c2=O)cs1. The van der Waals surface area contributed by atoms with E-state index in [1.54, 1.807) is 28.0 Å². The minimum atomic E-state index is -0.276. The molecule has 1 aliphatic heterocycles. The number of hydrogen-bond donors (Lipinski definition) is 1. The Hall–Kier alpha value is -2.48. The van der Waals surface area contributed by atoms with Crippen LogP contribution in [0.25, 0.3) is 11.0 Å². The van der Waals surface area contributed by atoms with Crippen LogP contribution < -0.4 is 5.43 Å². The van der Waals surface area contributed by atoms with Crippen molar-refractivity contribution in [3.05, 3.63) is 44.3 Å². The van der Waals surface area contributed by atoms with Crippen molar-refractivity contribution < 1.29 is 4.79 Å². The summed E-state index contributed by atoms with van der Waals surface area (Å²) in [4.78, 5) is 34.9. The second-order valence-corrected chi connectivity index (χ2v) is 7.07. The maximum Gasteiger partial charge on any atom is 0.259 e. The Morgan fingerprint density at radius 2 is 2.29 bits per heavy atom. The average Bonchev–Trinajstić information content (AvgIpc) is 3.27. The first-order valence-electron chi connectivity index (χ1n) is 7.82. The molecule has 1 amide bonds. The molecule has 4 rings (SSSR count). The minimum absolute atomic E-state index is 0.0496. The van der Waals surface area contributed by atoms with E-state index >= 15 is 0 Å². The lowest BCUT2D eigenvalue weighted by Crippen LogP contribution is -2.34. The summed E-state index contributed by atoms with van der Waals surface area (Å²) in [6.07, 6.45) is 4.79. The number of nitrogens with one attached hydrogen (secondary N) is 1. The topological polar surface area (TPSA) is 83.9 Å². The van der Waals surface area contributed by atoms with Crippen LogP contribution in [0.2, 0.25) is 0 Å². The van der Waals surface area contributed by atoms with Crippen LogP contribution in [0.1, 0.15) is 39.9 Å². The zero-order valence-corrected chi connectivity index (χ0v) is 14.3. The molecule has 24 heavy (non-hydrogen) atoms. The van der Waals surface area contributed by atoms with Crippen molar-refractivity contribution in [1.82, 2.24) is 24.6 Å². The van der Waals surface area contributed by atoms with Crippen molar-refractivity contribution in [2.75, 3.05) is 6.54 Å². The lowest BCUT2D eigenvalue weighted by Gasteiger charge is -2.23. The smallest absolute Gasteiger partial charge is 0.259 e. The van der Waals surface area contributed by atoms with Gasteiger partial charge in [-0.2, -0.15) is 5.10 Å². The van der Waals surface area contributed by atoms with E-state index in [-0.39, 0.29) is 22.9 Å². The molecule has 124 valence electrons. The molecule has 7 nitrogen and oxygen atoms in total. The third-order valence-electron chi connectivity index (χ3n) is 4.50. The number of carbonyl (C=O) groups excluding carboxylic acids is 1. The molecule has 1 aliphatic rings. The van der Waals surface area contributed by atoms with Crippen molar-refractivity contribution in [2.24, 2.45) is 7.05 Å². The van der Waals surface area contributed by atoms with E-state index in [2.05, 4.69) is 15.1 Å². The zero-order valence-electron chi connectivity index (χ0n) is 13.4. The number of fused-ring (bicyclic) bond motifs is 1. The molecular formula is C16H17N5O2S. The molecular weight excluding hydrogens is 326 g/mol. The number of hydrogen-bond acceptors (Lipinski definition) is 5. The predicted octanol–water partition coefficient (Wildman–Crippen LogP) is 2.00. The molecule has 0 radical (unpaired) electrons. The summed E-state index contributed by atoms with van der Waals surface area (Å²) in [5.74, 6) is -0.241. The fourth-order valence-corrected chi connectivity index (χ4v) is 3.95. The number of amides is 1. The van der Waals surface area contributed by atoms with Gasteiger partial charge in [-0.25, -0.2) is 4.98 Å². The highest BCUT2D eigenvalue weighted by atomic mass is 32.1. The van der Waals surface area contributed by atoms with Crippen molar-refractivity contribution in [3.8, 4) is 0 Å². The van der Waals surface area contributed by atoms with Gasteiger partial charge in [0.1, 0.15) is 11.2 Å². The Morgan fingerprint density at radius 3 is 3.04 bits per heavy atom. The van der Waals surface area contributed by atoms with Gasteiger partial charge in [-0.1, -0.05) is 0 Å². The Morgan fingerprint density at radius 1 is 1.46 bits per heavy atom. The van der Waals surface area contributed by atoms with E-state index in [0.717, 1.165) is 23.5 Å². The van der Waals surface area contributed by atoms with Gasteiger partial charge < -0.3 is 9.88 Å². The molecule has 3 aromatic heterocycles. The maximum atomic E-state index is 13.0. The largest absolute Gasteiger partial charge is 0.345 e. The number of aryl methyl sites for hydroxylation is 2. The highest BCUT2D eigenvalue weighted by Gasteiger charge is 2.33. The number of thiazole rings is 1. The van der Waals surface area contributed by atoms with E-state index < -0.39 is 0 Å². The number of likely N-dealkylation sites (tertiary alicyclic amines) is 1. The highest BCUT2D eigenvalue weighted by molar-refractivity contribution is 7.09. The number of H-pyrrole nitrogens is 1. The summed E-state index contributed by atoms with van der Waals surface area (Å²) < 4.78 is 1.59. The number of nitrogens with zero attached hydrogens (tertiary/aromatic N) is 4. The monoisotopic (exact) mass is 343 g/mol. The Balaban J connectivity index is 1.73. The molecule has 0 spiro atoms. The van der Waals surface area contributed by atoms with Crippen LogP contribution in [-0.2, 0) is 7.05 Å². The van der Waals surface area contributed by atoms with E-state index in [4.69, 9.17) is 0 Å². The number of aromatic nitrogens is 4. The van der Waals surface area contributed by atoms with Crippen molar-refractivity contribution >= 4 is 28.3 Å². The van der Waals surface area contributed by atoms with Crippen LogP contribution in [0.15, 0.2) is 22.6 Å². The molecule has 8 heteroatoms. The standard InChI is InChI=1S/C16H17N5O2S/c1-9-19-12(8-24-9)13-4-3-5-21(13)16(23)11-6-17-15-10(14(11)22)7-18-20(15)2/h6-8,13H,3-5H2,1-2H3,(H,17,22). The van der Waals surface area contributed by atoms with Crippen LogP contribution in [0.4, 0.5) is 0 Å². The normalized spacial score (nSPS) is 17.8. The molecule has 1 unspecified atom stereocenters. The molecule has 0 bridgehead atoms. The van der Waals surface area contributed by atoms with E-state index in [9.17, 15) is 9.59 Å². The summed E-state index contributed by atoms with van der Waals surface area (Å²) in [6, 6.07) is -0.0496. The van der Waals surface area contributed by atoms with Gasteiger partial charge in [0.15, 0.2) is 0 Å². The highest BCUT2D eigenvalue weighted by Crippen LogP contribution is 2.33. The fourth-order valence-electron chi connectivity index (χ4n) is 3.29. The van der Waals surface area contributed by atoms with Crippen molar-refractivity contribution in [2.45, 2.75) is 25.8 Å². The Kier molecular flexibility index (Phi) is 3.49. The number of carbonyl (C=O) groups is 1. The summed E-state index contributed by atoms with van der Waals surface area (Å²) in [7, 11) is 1.75. The third kappa shape index (κ3) is 2.25. The Labute approximate surface area is 141 Å². The first-order valence-corrected chi connectivity index (χ1v) is 8.70. The van der Waals surface area contributed by atoms with Crippen LogP contribution in [-0.4, -0.2) is 37.1 Å². The van der Waals surface area contributed by atoms with Crippen LogP contribution in [0.5, 0.6) is 0 Å². The van der Waals surface area contributed by atoms with Gasteiger partial charge >= 0.3 is 0 Å². The maximum absolute atomic E-state index is 13.0. The lowest BCUT2D eigenvalue weighted by atomic mass is 10.1. The van der Waals surface area contributed by atoms with E-state index in [0.29, 0.717) is 17.6 Å².